The van der Waals surface area contributed by atoms with Gasteiger partial charge in [-0.3, -0.25) is 0 Å². The minimum absolute atomic E-state index is 0.660. The zero-order valence-electron chi connectivity index (χ0n) is 43.7. The van der Waals surface area contributed by atoms with Gasteiger partial charge >= 0.3 is 0 Å². The van der Waals surface area contributed by atoms with Crippen molar-refractivity contribution >= 4 is 92.8 Å². The van der Waals surface area contributed by atoms with Crippen molar-refractivity contribution in [2.75, 3.05) is 0 Å². The Morgan fingerprint density at radius 1 is 0.367 bits per heavy atom. The monoisotopic (exact) mass is 1010 g/mol. The second-order valence-electron chi connectivity index (χ2n) is 21.3. The SMILES string of the molecule is C#C/C=C\C1=C(C)C2(c3cc(-n4c5ccccc5c5ccccc54)ccc31)c1cc(-n3c4ccccc4c4ccccc43)ccc1-c1ccc(-n3c4ccccc4c4ccccc43)cc12.Cc1ccc2c(c1)[nH]c1ccccc12. The maximum absolute atomic E-state index is 6.03. The summed E-state index contributed by atoms with van der Waals surface area (Å²) >= 11 is 0. The molecule has 2 aliphatic rings. The third-order valence-corrected chi connectivity index (χ3v) is 17.3. The molecule has 0 saturated heterocycles. The van der Waals surface area contributed by atoms with Gasteiger partial charge in [-0.1, -0.05) is 164 Å². The third-order valence-electron chi connectivity index (χ3n) is 17.3. The number of aryl methyl sites for hydroxylation is 1. The van der Waals surface area contributed by atoms with Gasteiger partial charge in [-0.05, 0) is 161 Å². The molecule has 4 nitrogen and oxygen atoms in total. The fraction of sp³-hybridized carbons (Fsp3) is 0.0400. The standard InChI is InChI=1S/C62H39N3.C13H11N/c1-3-4-17-43-39(2)62(53-36-40(30-33-44(43)53)63-56-24-11-5-18-47(56)48-19-6-12-25-57(48)63)54-37-41(64-58-26-13-7-20-49(58)50-21-8-14-27-59(50)64)31-34-45(54)46-35-32-42(38-55(46)62)65-60-28-15-9-22-51(60)52-23-10-16-29-61(52)65;1-9-6-7-11-10-4-2-3-5-12(10)14-13(11)8-9/h1,4-38H,2H3;2-8,14H,1H3/b17-4-;. The number of hydrogen-bond acceptors (Lipinski definition) is 0. The average Bonchev–Trinajstić information content (AvgIpc) is 3.96. The predicted molar refractivity (Wildman–Crippen MR) is 332 cm³/mol. The first-order valence-corrected chi connectivity index (χ1v) is 27.2. The van der Waals surface area contributed by atoms with Gasteiger partial charge in [0.2, 0.25) is 0 Å². The number of nitrogens with zero attached hydrogens (tertiary/aromatic N) is 3. The van der Waals surface area contributed by atoms with E-state index < -0.39 is 5.41 Å². The Hall–Kier alpha value is -10.3. The fourth-order valence-corrected chi connectivity index (χ4v) is 14.0. The van der Waals surface area contributed by atoms with E-state index in [0.717, 1.165) is 22.6 Å². The summed E-state index contributed by atoms with van der Waals surface area (Å²) in [7, 11) is 0. The molecule has 4 aromatic heterocycles. The van der Waals surface area contributed by atoms with Crippen LogP contribution >= 0.6 is 0 Å². The molecule has 0 radical (unpaired) electrons. The summed E-state index contributed by atoms with van der Waals surface area (Å²) in [4.78, 5) is 3.42. The van der Waals surface area contributed by atoms with E-state index in [1.165, 1.54) is 132 Å². The molecule has 17 rings (SSSR count). The van der Waals surface area contributed by atoms with Crippen LogP contribution in [0.1, 0.15) is 34.7 Å². The minimum atomic E-state index is -0.660. The van der Waals surface area contributed by atoms with Gasteiger partial charge < -0.3 is 18.7 Å². The number of fused-ring (bicyclic) bond motifs is 19. The van der Waals surface area contributed by atoms with E-state index in [4.69, 9.17) is 6.42 Å². The van der Waals surface area contributed by atoms with Gasteiger partial charge in [-0.25, -0.2) is 0 Å². The highest BCUT2D eigenvalue weighted by atomic mass is 15.0. The average molecular weight is 1010 g/mol. The smallest absolute Gasteiger partial charge is 0.0688 e. The summed E-state index contributed by atoms with van der Waals surface area (Å²) in [6.45, 7) is 4.46. The zero-order chi connectivity index (χ0) is 52.5. The summed E-state index contributed by atoms with van der Waals surface area (Å²) < 4.78 is 7.35. The summed E-state index contributed by atoms with van der Waals surface area (Å²) in [6, 6.07) is 89.2. The van der Waals surface area contributed by atoms with Crippen LogP contribution in [0.25, 0.3) is 121 Å². The molecule has 0 atom stereocenters. The van der Waals surface area contributed by atoms with E-state index in [1.54, 1.807) is 0 Å². The number of aromatic amines is 1. The second-order valence-corrected chi connectivity index (χ2v) is 21.3. The van der Waals surface area contributed by atoms with Gasteiger partial charge in [-0.2, -0.15) is 0 Å². The summed E-state index contributed by atoms with van der Waals surface area (Å²) in [6.07, 6.45) is 10.1. The predicted octanol–water partition coefficient (Wildman–Crippen LogP) is 18.9. The van der Waals surface area contributed by atoms with Crippen LogP contribution in [0.15, 0.2) is 260 Å². The van der Waals surface area contributed by atoms with Crippen LogP contribution in [-0.4, -0.2) is 18.7 Å². The Balaban J connectivity index is 0.000000322. The fourth-order valence-electron chi connectivity index (χ4n) is 14.0. The molecule has 4 heterocycles. The van der Waals surface area contributed by atoms with E-state index >= 15 is 0 Å². The first-order valence-electron chi connectivity index (χ1n) is 27.2. The normalized spacial score (nSPS) is 13.4. The van der Waals surface area contributed by atoms with Crippen LogP contribution in [0.5, 0.6) is 0 Å². The first kappa shape index (κ1) is 44.9. The second kappa shape index (κ2) is 17.1. The van der Waals surface area contributed by atoms with Crippen molar-refractivity contribution in [3.63, 3.8) is 0 Å². The van der Waals surface area contributed by atoms with Crippen molar-refractivity contribution in [3.8, 4) is 40.5 Å². The van der Waals surface area contributed by atoms with Gasteiger partial charge in [-0.15, -0.1) is 6.42 Å². The lowest BCUT2D eigenvalue weighted by atomic mass is 9.70. The Kier molecular flexibility index (Phi) is 9.71. The molecule has 0 saturated carbocycles. The molecule has 1 N–H and O–H groups in total. The van der Waals surface area contributed by atoms with E-state index in [9.17, 15) is 0 Å². The van der Waals surface area contributed by atoms with Gasteiger partial charge in [0.05, 0.1) is 38.5 Å². The van der Waals surface area contributed by atoms with Crippen molar-refractivity contribution in [2.24, 2.45) is 0 Å². The van der Waals surface area contributed by atoms with Crippen LogP contribution < -0.4 is 0 Å². The molecular formula is C75H50N4. The van der Waals surface area contributed by atoms with Gasteiger partial charge in [0.1, 0.15) is 0 Å². The highest BCUT2D eigenvalue weighted by molar-refractivity contribution is 6.12. The lowest BCUT2D eigenvalue weighted by molar-refractivity contribution is 0.763. The zero-order valence-corrected chi connectivity index (χ0v) is 43.7. The Morgan fingerprint density at radius 3 is 1.14 bits per heavy atom. The van der Waals surface area contributed by atoms with Crippen molar-refractivity contribution in [3.05, 3.63) is 288 Å². The molecule has 0 fully saturated rings. The number of aromatic nitrogens is 4. The number of allylic oxidation sites excluding steroid dienone is 4. The van der Waals surface area contributed by atoms with E-state index in [-0.39, 0.29) is 0 Å². The maximum atomic E-state index is 6.03. The Labute approximate surface area is 457 Å². The lowest BCUT2D eigenvalue weighted by Gasteiger charge is -2.32. The van der Waals surface area contributed by atoms with Gasteiger partial charge in [0, 0.05) is 71.2 Å². The summed E-state index contributed by atoms with van der Waals surface area (Å²) in [5.74, 6) is 2.84. The van der Waals surface area contributed by atoms with Crippen LogP contribution in [0.4, 0.5) is 0 Å². The molecule has 0 bridgehead atoms. The van der Waals surface area contributed by atoms with Crippen molar-refractivity contribution in [1.82, 2.24) is 18.7 Å². The maximum Gasteiger partial charge on any atom is 0.0688 e. The number of rotatable bonds is 4. The highest BCUT2D eigenvalue weighted by Crippen LogP contribution is 2.63. The van der Waals surface area contributed by atoms with Crippen molar-refractivity contribution < 1.29 is 0 Å². The van der Waals surface area contributed by atoms with Crippen molar-refractivity contribution in [2.45, 2.75) is 19.3 Å². The van der Waals surface area contributed by atoms with Crippen LogP contribution in [0, 0.1) is 19.3 Å². The number of nitrogens with one attached hydrogen (secondary N) is 1. The van der Waals surface area contributed by atoms with E-state index in [2.05, 4.69) is 287 Å². The molecule has 0 unspecified atom stereocenters. The molecular weight excluding hydrogens is 957 g/mol. The Bertz CT molecular complexity index is 4860. The number of terminal acetylenes is 1. The molecule has 0 aliphatic heterocycles. The number of hydrogen-bond donors (Lipinski definition) is 1. The molecule has 11 aromatic carbocycles. The van der Waals surface area contributed by atoms with Gasteiger partial charge in [0.25, 0.3) is 0 Å². The number of benzene rings is 11. The quantitative estimate of drug-likeness (QED) is 0.170. The minimum Gasteiger partial charge on any atom is -0.355 e. The first-order chi connectivity index (χ1) is 39.0. The summed E-state index contributed by atoms with van der Waals surface area (Å²) in [5, 5.41) is 10.1. The third kappa shape index (κ3) is 6.33. The number of H-pyrrole nitrogens is 1. The largest absolute Gasteiger partial charge is 0.355 e. The van der Waals surface area contributed by atoms with Crippen LogP contribution in [0.2, 0.25) is 0 Å². The molecule has 15 aromatic rings. The van der Waals surface area contributed by atoms with Gasteiger partial charge in [0.15, 0.2) is 0 Å². The lowest BCUT2D eigenvalue weighted by Crippen LogP contribution is -2.27. The topological polar surface area (TPSA) is 30.6 Å². The Morgan fingerprint density at radius 2 is 0.722 bits per heavy atom. The number of para-hydroxylation sites is 7. The van der Waals surface area contributed by atoms with Crippen molar-refractivity contribution in [1.29, 1.82) is 0 Å². The highest BCUT2D eigenvalue weighted by Gasteiger charge is 2.52. The van der Waals surface area contributed by atoms with E-state index in [0.29, 0.717) is 0 Å². The van der Waals surface area contributed by atoms with E-state index in [1.807, 2.05) is 6.08 Å². The molecule has 1 spiro atoms. The molecule has 4 heteroatoms. The molecule has 79 heavy (non-hydrogen) atoms. The molecule has 370 valence electrons. The van der Waals surface area contributed by atoms with Crippen LogP contribution in [0.3, 0.4) is 0 Å². The molecule has 2 aliphatic carbocycles. The summed E-state index contributed by atoms with van der Waals surface area (Å²) in [5.41, 5.74) is 23.5. The van der Waals surface area contributed by atoms with Crippen LogP contribution in [-0.2, 0) is 5.41 Å². The molecule has 0 amide bonds.